The van der Waals surface area contributed by atoms with E-state index >= 15 is 0 Å². The number of aliphatic hydroxyl groups is 1. The normalized spacial score (nSPS) is 17.9. The van der Waals surface area contributed by atoms with Crippen molar-refractivity contribution in [3.63, 3.8) is 0 Å². The second kappa shape index (κ2) is 6.56. The van der Waals surface area contributed by atoms with Gasteiger partial charge in [0, 0.05) is 0 Å². The minimum absolute atomic E-state index is 0.238. The van der Waals surface area contributed by atoms with Gasteiger partial charge >= 0.3 is 0 Å². The number of hydrogen-bond donors (Lipinski definition) is 1. The molecule has 1 nitrogen and oxygen atoms in total. The molecule has 0 bridgehead atoms. The summed E-state index contributed by atoms with van der Waals surface area (Å²) in [5, 5.41) is 10.8. The van der Waals surface area contributed by atoms with E-state index in [4.69, 9.17) is 0 Å². The zero-order valence-corrected chi connectivity index (χ0v) is 12.7. The molecule has 1 atom stereocenters. The summed E-state index contributed by atoms with van der Waals surface area (Å²) in [4.78, 5) is 0. The molecule has 1 aliphatic rings. The highest BCUT2D eigenvalue weighted by Gasteiger charge is 2.27. The molecule has 1 fully saturated rings. The molecule has 0 saturated heterocycles. The van der Waals surface area contributed by atoms with E-state index in [-0.39, 0.29) is 6.10 Å². The SMILES string of the molecule is CCc1cc(CC)c(C(O)C2CCCC2)c(CC)c1. The summed E-state index contributed by atoms with van der Waals surface area (Å²) in [6.45, 7) is 6.62. The first kappa shape index (κ1) is 14.6. The third-order valence-electron chi connectivity index (χ3n) is 4.72. The summed E-state index contributed by atoms with van der Waals surface area (Å²) in [6, 6.07) is 4.62. The smallest absolute Gasteiger partial charge is 0.0823 e. The standard InChI is InChI=1S/C18H28O/c1-4-13-11-14(5-2)17(15(6-3)12-13)18(19)16-9-7-8-10-16/h11-12,16,18-19H,4-10H2,1-3H3. The Morgan fingerprint density at radius 2 is 1.53 bits per heavy atom. The minimum atomic E-state index is -0.238. The fourth-order valence-electron chi connectivity index (χ4n) is 3.53. The van der Waals surface area contributed by atoms with Gasteiger partial charge in [-0.25, -0.2) is 0 Å². The molecule has 1 heteroatoms. The Hall–Kier alpha value is -0.820. The molecular formula is C18H28O. The van der Waals surface area contributed by atoms with Crippen LogP contribution < -0.4 is 0 Å². The average molecular weight is 260 g/mol. The lowest BCUT2D eigenvalue weighted by Gasteiger charge is -2.24. The molecule has 1 aromatic rings. The molecule has 0 radical (unpaired) electrons. The maximum absolute atomic E-state index is 10.8. The van der Waals surface area contributed by atoms with Gasteiger partial charge in [0.25, 0.3) is 0 Å². The Morgan fingerprint density at radius 3 is 1.95 bits per heavy atom. The van der Waals surface area contributed by atoms with Crippen molar-refractivity contribution in [3.8, 4) is 0 Å². The summed E-state index contributed by atoms with van der Waals surface area (Å²) in [5.41, 5.74) is 5.41. The van der Waals surface area contributed by atoms with Gasteiger partial charge in [-0.2, -0.15) is 0 Å². The molecule has 1 unspecified atom stereocenters. The molecule has 1 N–H and O–H groups in total. The van der Waals surface area contributed by atoms with Crippen molar-refractivity contribution >= 4 is 0 Å². The largest absolute Gasteiger partial charge is 0.388 e. The second-order valence-electron chi connectivity index (χ2n) is 5.88. The Balaban J connectivity index is 2.40. The third-order valence-corrected chi connectivity index (χ3v) is 4.72. The fourth-order valence-corrected chi connectivity index (χ4v) is 3.53. The Labute approximate surface area is 118 Å². The van der Waals surface area contributed by atoms with Gasteiger partial charge in [-0.3, -0.25) is 0 Å². The molecule has 2 rings (SSSR count). The quantitative estimate of drug-likeness (QED) is 0.820. The summed E-state index contributed by atoms with van der Waals surface area (Å²) in [7, 11) is 0. The number of hydrogen-bond acceptors (Lipinski definition) is 1. The molecule has 1 saturated carbocycles. The third kappa shape index (κ3) is 3.02. The predicted octanol–water partition coefficient (Wildman–Crippen LogP) is 4.60. The minimum Gasteiger partial charge on any atom is -0.388 e. The molecule has 19 heavy (non-hydrogen) atoms. The van der Waals surface area contributed by atoms with E-state index in [9.17, 15) is 5.11 Å². The highest BCUT2D eigenvalue weighted by Crippen LogP contribution is 2.38. The van der Waals surface area contributed by atoms with Crippen LogP contribution in [0.25, 0.3) is 0 Å². The topological polar surface area (TPSA) is 20.2 Å². The number of aryl methyl sites for hydroxylation is 3. The van der Waals surface area contributed by atoms with Gasteiger partial charge in [0.05, 0.1) is 6.10 Å². The van der Waals surface area contributed by atoms with E-state index in [1.807, 2.05) is 0 Å². The Bertz CT molecular complexity index is 391. The van der Waals surface area contributed by atoms with Crippen LogP contribution in [0.2, 0.25) is 0 Å². The van der Waals surface area contributed by atoms with E-state index < -0.39 is 0 Å². The fraction of sp³-hybridized carbons (Fsp3) is 0.667. The van der Waals surface area contributed by atoms with Crippen molar-refractivity contribution in [2.24, 2.45) is 5.92 Å². The number of benzene rings is 1. The Kier molecular flexibility index (Phi) is 5.04. The first-order valence-electron chi connectivity index (χ1n) is 8.03. The zero-order chi connectivity index (χ0) is 13.8. The van der Waals surface area contributed by atoms with Crippen molar-refractivity contribution in [2.75, 3.05) is 0 Å². The summed E-state index contributed by atoms with van der Waals surface area (Å²) >= 11 is 0. The van der Waals surface area contributed by atoms with Crippen LogP contribution in [-0.4, -0.2) is 5.11 Å². The maximum atomic E-state index is 10.8. The molecule has 106 valence electrons. The monoisotopic (exact) mass is 260 g/mol. The lowest BCUT2D eigenvalue weighted by Crippen LogP contribution is -2.14. The van der Waals surface area contributed by atoms with Crippen LogP contribution in [0.3, 0.4) is 0 Å². The Morgan fingerprint density at radius 1 is 1.00 bits per heavy atom. The lowest BCUT2D eigenvalue weighted by atomic mass is 9.85. The van der Waals surface area contributed by atoms with Crippen LogP contribution in [0.1, 0.15) is 74.8 Å². The van der Waals surface area contributed by atoms with Crippen LogP contribution in [0.4, 0.5) is 0 Å². The van der Waals surface area contributed by atoms with Gasteiger partial charge < -0.3 is 5.11 Å². The second-order valence-corrected chi connectivity index (χ2v) is 5.88. The van der Waals surface area contributed by atoms with E-state index in [0.717, 1.165) is 19.3 Å². The van der Waals surface area contributed by atoms with Gasteiger partial charge in [0.15, 0.2) is 0 Å². The zero-order valence-electron chi connectivity index (χ0n) is 12.7. The molecule has 0 spiro atoms. The molecule has 1 aromatic carbocycles. The number of rotatable bonds is 5. The van der Waals surface area contributed by atoms with Crippen LogP contribution in [-0.2, 0) is 19.3 Å². The van der Waals surface area contributed by atoms with Gasteiger partial charge in [-0.15, -0.1) is 0 Å². The van der Waals surface area contributed by atoms with E-state index in [1.165, 1.54) is 47.9 Å². The molecule has 0 aromatic heterocycles. The van der Waals surface area contributed by atoms with Gasteiger partial charge in [-0.05, 0) is 60.3 Å². The van der Waals surface area contributed by atoms with Crippen molar-refractivity contribution in [1.29, 1.82) is 0 Å². The van der Waals surface area contributed by atoms with Crippen molar-refractivity contribution in [3.05, 3.63) is 34.4 Å². The van der Waals surface area contributed by atoms with Crippen LogP contribution in [0.15, 0.2) is 12.1 Å². The van der Waals surface area contributed by atoms with Crippen LogP contribution >= 0.6 is 0 Å². The summed E-state index contributed by atoms with van der Waals surface area (Å²) in [5.74, 6) is 0.489. The number of aliphatic hydroxyl groups excluding tert-OH is 1. The van der Waals surface area contributed by atoms with E-state index in [1.54, 1.807) is 0 Å². The van der Waals surface area contributed by atoms with Crippen LogP contribution in [0.5, 0.6) is 0 Å². The molecular weight excluding hydrogens is 232 g/mol. The molecule has 0 heterocycles. The van der Waals surface area contributed by atoms with Crippen molar-refractivity contribution < 1.29 is 5.11 Å². The van der Waals surface area contributed by atoms with Gasteiger partial charge in [-0.1, -0.05) is 45.7 Å². The van der Waals surface area contributed by atoms with Crippen LogP contribution in [0, 0.1) is 5.92 Å². The maximum Gasteiger partial charge on any atom is 0.0823 e. The van der Waals surface area contributed by atoms with Gasteiger partial charge in [0.1, 0.15) is 0 Å². The molecule has 0 amide bonds. The summed E-state index contributed by atoms with van der Waals surface area (Å²) < 4.78 is 0. The van der Waals surface area contributed by atoms with E-state index in [0.29, 0.717) is 5.92 Å². The first-order valence-corrected chi connectivity index (χ1v) is 8.03. The molecule has 0 aliphatic heterocycles. The highest BCUT2D eigenvalue weighted by molar-refractivity contribution is 5.41. The van der Waals surface area contributed by atoms with E-state index in [2.05, 4.69) is 32.9 Å². The van der Waals surface area contributed by atoms with Crippen molar-refractivity contribution in [2.45, 2.75) is 71.8 Å². The van der Waals surface area contributed by atoms with Gasteiger partial charge in [0.2, 0.25) is 0 Å². The lowest BCUT2D eigenvalue weighted by molar-refractivity contribution is 0.110. The molecule has 1 aliphatic carbocycles. The highest BCUT2D eigenvalue weighted by atomic mass is 16.3. The first-order chi connectivity index (χ1) is 9.21. The average Bonchev–Trinajstić information content (AvgIpc) is 2.99. The van der Waals surface area contributed by atoms with Crippen molar-refractivity contribution in [1.82, 2.24) is 0 Å². The summed E-state index contributed by atoms with van der Waals surface area (Å²) in [6.07, 6.45) is 7.87. The predicted molar refractivity (Wildman–Crippen MR) is 81.5 cm³/mol.